The molecule has 2 N–H and O–H groups in total. The lowest BCUT2D eigenvalue weighted by Gasteiger charge is -2.20. The van der Waals surface area contributed by atoms with Crippen LogP contribution in [-0.4, -0.2) is 43.1 Å². The van der Waals surface area contributed by atoms with Crippen molar-refractivity contribution in [2.75, 3.05) is 5.75 Å². The Hall–Kier alpha value is -2.23. The second-order valence-corrected chi connectivity index (χ2v) is 9.04. The first-order valence-corrected chi connectivity index (χ1v) is 10.7. The lowest BCUT2D eigenvalue weighted by Crippen LogP contribution is -2.42. The highest BCUT2D eigenvalue weighted by Gasteiger charge is 2.37. The van der Waals surface area contributed by atoms with Gasteiger partial charge in [0.2, 0.25) is 0 Å². The molecule has 1 amide bonds. The first kappa shape index (κ1) is 19.1. The molecule has 3 heterocycles. The number of hydrogen-bond acceptors (Lipinski definition) is 7. The molecule has 0 aromatic carbocycles. The van der Waals surface area contributed by atoms with Crippen molar-refractivity contribution in [2.24, 2.45) is 7.05 Å². The average molecular weight is 417 g/mol. The van der Waals surface area contributed by atoms with Gasteiger partial charge in [-0.15, -0.1) is 11.3 Å². The Morgan fingerprint density at radius 2 is 2.18 bits per heavy atom. The number of aliphatic hydroxyl groups is 1. The Morgan fingerprint density at radius 3 is 2.89 bits per heavy atom. The van der Waals surface area contributed by atoms with E-state index in [0.717, 1.165) is 40.4 Å². The maximum Gasteiger partial charge on any atom is 0.257 e. The second kappa shape index (κ2) is 7.31. The van der Waals surface area contributed by atoms with E-state index in [2.05, 4.69) is 15.3 Å². The van der Waals surface area contributed by atoms with Gasteiger partial charge in [-0.3, -0.25) is 14.6 Å². The number of carbonyl (C=O) groups excluding carboxylic acids is 2. The van der Waals surface area contributed by atoms with Crippen molar-refractivity contribution in [3.05, 3.63) is 40.3 Å². The molecule has 1 atom stereocenters. The van der Waals surface area contributed by atoms with Gasteiger partial charge in [-0.05, 0) is 38.0 Å². The molecule has 9 heteroatoms. The molecule has 0 bridgehead atoms. The summed E-state index contributed by atoms with van der Waals surface area (Å²) >= 11 is 2.51. The number of ketones is 1. The first-order valence-electron chi connectivity index (χ1n) is 8.92. The van der Waals surface area contributed by atoms with Crippen molar-refractivity contribution in [1.82, 2.24) is 19.9 Å². The standard InChI is InChI=1S/C19H20N4O3S2/c1-19(26,17(25)21-11-3-4-11)16-6-5-15(28-16)14(24)10-27-18-22-12-9-20-8-7-13(12)23(18)2/h5-9,11,26H,3-4,10H2,1-2H3,(H,21,25)/t19-/m1/s1. The zero-order valence-electron chi connectivity index (χ0n) is 15.5. The summed E-state index contributed by atoms with van der Waals surface area (Å²) in [6, 6.07) is 5.37. The van der Waals surface area contributed by atoms with Crippen LogP contribution < -0.4 is 5.32 Å². The van der Waals surface area contributed by atoms with Crippen molar-refractivity contribution in [1.29, 1.82) is 0 Å². The minimum atomic E-state index is -1.64. The summed E-state index contributed by atoms with van der Waals surface area (Å²) in [6.45, 7) is 1.47. The minimum absolute atomic E-state index is 0.0650. The Morgan fingerprint density at radius 1 is 1.39 bits per heavy atom. The third-order valence-corrected chi connectivity index (χ3v) is 7.06. The number of thiophene rings is 1. The average Bonchev–Trinajstić information content (AvgIpc) is 3.24. The second-order valence-electron chi connectivity index (χ2n) is 7.01. The van der Waals surface area contributed by atoms with Gasteiger partial charge >= 0.3 is 0 Å². The van der Waals surface area contributed by atoms with Crippen LogP contribution >= 0.6 is 23.1 Å². The molecular formula is C19H20N4O3S2. The number of Topliss-reactive ketones (excluding diaryl/α,β-unsaturated/α-hetero) is 1. The Bertz CT molecular complexity index is 1050. The monoisotopic (exact) mass is 416 g/mol. The van der Waals surface area contributed by atoms with Crippen molar-refractivity contribution >= 4 is 45.8 Å². The van der Waals surface area contributed by atoms with Crippen LogP contribution in [0.15, 0.2) is 35.7 Å². The van der Waals surface area contributed by atoms with E-state index in [0.29, 0.717) is 9.75 Å². The van der Waals surface area contributed by atoms with Crippen LogP contribution in [0, 0.1) is 0 Å². The molecule has 0 radical (unpaired) electrons. The summed E-state index contributed by atoms with van der Waals surface area (Å²) in [5.74, 6) is -0.260. The number of thioether (sulfide) groups is 1. The maximum absolute atomic E-state index is 12.6. The minimum Gasteiger partial charge on any atom is -0.375 e. The molecule has 0 aliphatic heterocycles. The molecule has 4 rings (SSSR count). The van der Waals surface area contributed by atoms with Crippen molar-refractivity contribution < 1.29 is 14.7 Å². The van der Waals surface area contributed by atoms with Gasteiger partial charge in [0.25, 0.3) is 5.91 Å². The van der Waals surface area contributed by atoms with E-state index in [1.54, 1.807) is 24.5 Å². The van der Waals surface area contributed by atoms with Crippen LogP contribution in [0.1, 0.15) is 34.3 Å². The molecule has 0 unspecified atom stereocenters. The number of aryl methyl sites for hydroxylation is 1. The number of carbonyl (C=O) groups is 2. The van der Waals surface area contributed by atoms with E-state index < -0.39 is 11.5 Å². The summed E-state index contributed by atoms with van der Waals surface area (Å²) in [5, 5.41) is 14.2. The number of hydrogen-bond donors (Lipinski definition) is 2. The summed E-state index contributed by atoms with van der Waals surface area (Å²) in [5.41, 5.74) is 0.112. The molecule has 0 saturated heterocycles. The Kier molecular flexibility index (Phi) is 4.98. The maximum atomic E-state index is 12.6. The van der Waals surface area contributed by atoms with Crippen molar-refractivity contribution in [2.45, 2.75) is 36.6 Å². The predicted octanol–water partition coefficient (Wildman–Crippen LogP) is 2.49. The quantitative estimate of drug-likeness (QED) is 0.454. The number of imidazole rings is 1. The van der Waals surface area contributed by atoms with Crippen molar-refractivity contribution in [3.63, 3.8) is 0 Å². The number of fused-ring (bicyclic) bond motifs is 1. The van der Waals surface area contributed by atoms with E-state index in [1.807, 2.05) is 17.7 Å². The highest BCUT2D eigenvalue weighted by atomic mass is 32.2. The number of nitrogens with one attached hydrogen (secondary N) is 1. The lowest BCUT2D eigenvalue weighted by atomic mass is 10.0. The van der Waals surface area contributed by atoms with Gasteiger partial charge in [0.15, 0.2) is 16.5 Å². The van der Waals surface area contributed by atoms with Crippen LogP contribution in [0.5, 0.6) is 0 Å². The molecular weight excluding hydrogens is 396 g/mol. The topological polar surface area (TPSA) is 97.1 Å². The van der Waals surface area contributed by atoms with E-state index >= 15 is 0 Å². The molecule has 1 fully saturated rings. The SMILES string of the molecule is Cn1c(SCC(=O)c2ccc([C@@](C)(O)C(=O)NC3CC3)s2)nc2cnccc21. The number of aromatic nitrogens is 3. The fourth-order valence-corrected chi connectivity index (χ4v) is 4.72. The summed E-state index contributed by atoms with van der Waals surface area (Å²) < 4.78 is 1.93. The van der Waals surface area contributed by atoms with Gasteiger partial charge in [0.05, 0.1) is 22.3 Å². The van der Waals surface area contributed by atoms with Gasteiger partial charge in [0.1, 0.15) is 5.52 Å². The number of rotatable bonds is 7. The largest absolute Gasteiger partial charge is 0.375 e. The zero-order chi connectivity index (χ0) is 19.9. The van der Waals surface area contributed by atoms with E-state index in [1.165, 1.54) is 18.7 Å². The molecule has 1 saturated carbocycles. The van der Waals surface area contributed by atoms with Crippen LogP contribution in [0.4, 0.5) is 0 Å². The lowest BCUT2D eigenvalue weighted by molar-refractivity contribution is -0.138. The van der Waals surface area contributed by atoms with Gasteiger partial charge < -0.3 is 15.0 Å². The molecule has 3 aromatic rings. The fraction of sp³-hybridized carbons (Fsp3) is 0.368. The van der Waals surface area contributed by atoms with Crippen LogP contribution in [0.2, 0.25) is 0 Å². The molecule has 28 heavy (non-hydrogen) atoms. The molecule has 1 aliphatic carbocycles. The van der Waals surface area contributed by atoms with Gasteiger partial charge in [-0.25, -0.2) is 4.98 Å². The normalized spacial score (nSPS) is 16.1. The third-order valence-electron chi connectivity index (χ3n) is 4.69. The molecule has 0 spiro atoms. The smallest absolute Gasteiger partial charge is 0.257 e. The molecule has 7 nitrogen and oxygen atoms in total. The Balaban J connectivity index is 1.43. The van der Waals surface area contributed by atoms with Crippen molar-refractivity contribution in [3.8, 4) is 0 Å². The zero-order valence-corrected chi connectivity index (χ0v) is 17.1. The summed E-state index contributed by atoms with van der Waals surface area (Å²) in [6.07, 6.45) is 5.31. The number of pyridine rings is 1. The van der Waals surface area contributed by atoms with E-state index in [4.69, 9.17) is 0 Å². The third kappa shape index (κ3) is 3.69. The highest BCUT2D eigenvalue weighted by Crippen LogP contribution is 2.31. The van der Waals surface area contributed by atoms with Gasteiger partial charge in [-0.2, -0.15) is 0 Å². The molecule has 1 aliphatic rings. The van der Waals surface area contributed by atoms with E-state index in [9.17, 15) is 14.7 Å². The molecule has 146 valence electrons. The fourth-order valence-electron chi connectivity index (χ4n) is 2.77. The first-order chi connectivity index (χ1) is 13.4. The number of amides is 1. The van der Waals surface area contributed by atoms with E-state index in [-0.39, 0.29) is 17.6 Å². The number of nitrogens with zero attached hydrogens (tertiary/aromatic N) is 3. The van der Waals surface area contributed by atoms with Gasteiger partial charge in [-0.1, -0.05) is 11.8 Å². The Labute approximate surface area is 170 Å². The van der Waals surface area contributed by atoms with Crippen LogP contribution in [0.25, 0.3) is 11.0 Å². The summed E-state index contributed by atoms with van der Waals surface area (Å²) in [7, 11) is 1.90. The molecule has 3 aromatic heterocycles. The highest BCUT2D eigenvalue weighted by molar-refractivity contribution is 7.99. The predicted molar refractivity (Wildman–Crippen MR) is 109 cm³/mol. The van der Waals surface area contributed by atoms with Crippen LogP contribution in [0.3, 0.4) is 0 Å². The van der Waals surface area contributed by atoms with Crippen LogP contribution in [-0.2, 0) is 17.4 Å². The summed E-state index contributed by atoms with van der Waals surface area (Å²) in [4.78, 5) is 34.4. The van der Waals surface area contributed by atoms with Gasteiger partial charge in [0, 0.05) is 24.2 Å².